The average molecular weight is 642 g/mol. The third-order valence-electron chi connectivity index (χ3n) is 8.89. The molecule has 6 rings (SSSR count). The van der Waals surface area contributed by atoms with Crippen LogP contribution >= 0.6 is 0 Å². The summed E-state index contributed by atoms with van der Waals surface area (Å²) in [4.78, 5) is 20.5. The first-order chi connectivity index (χ1) is 21.7. The fourth-order valence-corrected chi connectivity index (χ4v) is 7.65. The Morgan fingerprint density at radius 1 is 1.09 bits per heavy atom. The lowest BCUT2D eigenvalue weighted by Crippen LogP contribution is -2.49. The standard InChI is InChI=1S/C32H43N5O7S/c1-20(2)11-13-37(36-45(39,40)25-9-10-27-26(18-25)35-31(33-3)43-27)14-12-24(15-21-7-5-4-6-8-21)34-32(38)44-29-23-16-22-17-28(29)42-30(22)41-19-23/h4-10,18,20,22-24,28-30,36H,11-17,19H2,1-3H3,(H,33,35)(H,34,38)/t22?,23?,24-,28?,29?,30?/m1/s1. The number of hydrogen-bond acceptors (Lipinski definition) is 10. The molecule has 2 aromatic carbocycles. The molecule has 3 bridgehead atoms. The zero-order valence-corrected chi connectivity index (χ0v) is 26.8. The number of sulfonamides is 1. The van der Waals surface area contributed by atoms with Gasteiger partial charge in [0.2, 0.25) is 0 Å². The van der Waals surface area contributed by atoms with Crippen LogP contribution in [0.5, 0.6) is 0 Å². The molecule has 1 aliphatic carbocycles. The van der Waals surface area contributed by atoms with Crippen molar-refractivity contribution in [1.82, 2.24) is 20.1 Å². The van der Waals surface area contributed by atoms with Crippen LogP contribution in [-0.4, -0.2) is 75.8 Å². The van der Waals surface area contributed by atoms with E-state index < -0.39 is 16.1 Å². The molecule has 3 heterocycles. The number of fused-ring (bicyclic) bond motifs is 3. The Kier molecular flexibility index (Phi) is 9.62. The summed E-state index contributed by atoms with van der Waals surface area (Å²) in [5, 5.41) is 7.63. The number of oxazole rings is 1. The number of alkyl carbamates (subject to hydrolysis) is 1. The van der Waals surface area contributed by atoms with E-state index in [9.17, 15) is 13.2 Å². The Morgan fingerprint density at radius 2 is 1.89 bits per heavy atom. The fourth-order valence-electron chi connectivity index (χ4n) is 6.50. The molecule has 3 N–H and O–H groups in total. The first-order valence-electron chi connectivity index (χ1n) is 15.8. The molecule has 2 saturated heterocycles. The van der Waals surface area contributed by atoms with Crippen LogP contribution in [0.2, 0.25) is 0 Å². The first kappa shape index (κ1) is 31.7. The summed E-state index contributed by atoms with van der Waals surface area (Å²) in [5.41, 5.74) is 1.99. The minimum absolute atomic E-state index is 0.0880. The van der Waals surface area contributed by atoms with Crippen molar-refractivity contribution in [3.63, 3.8) is 0 Å². The second-order valence-corrected chi connectivity index (χ2v) is 14.4. The van der Waals surface area contributed by atoms with Gasteiger partial charge in [0.25, 0.3) is 16.0 Å². The molecule has 12 nitrogen and oxygen atoms in total. The molecular formula is C32H43N5O7S. The van der Waals surface area contributed by atoms with Crippen molar-refractivity contribution in [2.75, 3.05) is 32.1 Å². The van der Waals surface area contributed by atoms with Crippen LogP contribution < -0.4 is 15.5 Å². The van der Waals surface area contributed by atoms with Crippen LogP contribution in [0.15, 0.2) is 57.8 Å². The maximum absolute atomic E-state index is 13.5. The van der Waals surface area contributed by atoms with Crippen LogP contribution in [0.3, 0.4) is 0 Å². The predicted molar refractivity (Wildman–Crippen MR) is 168 cm³/mol. The summed E-state index contributed by atoms with van der Waals surface area (Å²) in [6, 6.07) is 14.5. The highest BCUT2D eigenvalue weighted by molar-refractivity contribution is 7.89. The molecule has 0 spiro atoms. The molecule has 6 atom stereocenters. The third-order valence-corrected chi connectivity index (χ3v) is 10.3. The number of nitrogens with one attached hydrogen (secondary N) is 3. The first-order valence-corrected chi connectivity index (χ1v) is 17.3. The summed E-state index contributed by atoms with van der Waals surface area (Å²) >= 11 is 0. The Hall–Kier alpha value is -3.23. The van der Waals surface area contributed by atoms with E-state index >= 15 is 0 Å². The zero-order chi connectivity index (χ0) is 31.6. The van der Waals surface area contributed by atoms with Crippen molar-refractivity contribution in [3.05, 3.63) is 54.1 Å². The second kappa shape index (κ2) is 13.6. The molecule has 2 aliphatic heterocycles. The van der Waals surface area contributed by atoms with Crippen molar-refractivity contribution in [2.24, 2.45) is 17.8 Å². The molecule has 3 aliphatic rings. The smallest absolute Gasteiger partial charge is 0.407 e. The summed E-state index contributed by atoms with van der Waals surface area (Å²) in [5.74, 6) is 0.878. The molecule has 1 aromatic heterocycles. The number of anilines is 1. The van der Waals surface area contributed by atoms with Gasteiger partial charge in [-0.05, 0) is 61.8 Å². The number of hydrogen-bond donors (Lipinski definition) is 3. The second-order valence-electron chi connectivity index (χ2n) is 12.7. The van der Waals surface area contributed by atoms with Crippen molar-refractivity contribution in [1.29, 1.82) is 0 Å². The van der Waals surface area contributed by atoms with Gasteiger partial charge in [-0.25, -0.2) is 18.2 Å². The van der Waals surface area contributed by atoms with Crippen molar-refractivity contribution in [3.8, 4) is 0 Å². The maximum Gasteiger partial charge on any atom is 0.407 e. The number of ether oxygens (including phenoxy) is 3. The minimum Gasteiger partial charge on any atom is -0.443 e. The molecule has 244 valence electrons. The van der Waals surface area contributed by atoms with Gasteiger partial charge in [0, 0.05) is 38.0 Å². The highest BCUT2D eigenvalue weighted by Crippen LogP contribution is 2.46. The number of rotatable bonds is 14. The van der Waals surface area contributed by atoms with Gasteiger partial charge in [-0.15, -0.1) is 4.83 Å². The molecule has 5 unspecified atom stereocenters. The van der Waals surface area contributed by atoms with E-state index in [1.54, 1.807) is 18.1 Å². The highest BCUT2D eigenvalue weighted by Gasteiger charge is 2.53. The number of carbonyl (C=O) groups is 1. The number of carbonyl (C=O) groups excluding carboxylic acids is 1. The van der Waals surface area contributed by atoms with Gasteiger partial charge in [-0.1, -0.05) is 44.2 Å². The zero-order valence-electron chi connectivity index (χ0n) is 26.0. The number of nitrogens with zero attached hydrogens (tertiary/aromatic N) is 2. The molecule has 3 aromatic rings. The lowest BCUT2D eigenvalue weighted by atomic mass is 9.78. The van der Waals surface area contributed by atoms with Gasteiger partial charge in [0.05, 0.1) is 17.6 Å². The van der Waals surface area contributed by atoms with Gasteiger partial charge in [-0.3, -0.25) is 0 Å². The maximum atomic E-state index is 13.5. The van der Waals surface area contributed by atoms with Gasteiger partial charge in [0.1, 0.15) is 11.6 Å². The summed E-state index contributed by atoms with van der Waals surface area (Å²) < 4.78 is 50.4. The normalized spacial score (nSPS) is 24.8. The largest absolute Gasteiger partial charge is 0.443 e. The van der Waals surface area contributed by atoms with Crippen molar-refractivity contribution in [2.45, 2.75) is 75.4 Å². The van der Waals surface area contributed by atoms with Crippen LogP contribution in [0.4, 0.5) is 10.8 Å². The molecule has 1 saturated carbocycles. The van der Waals surface area contributed by atoms with E-state index in [4.69, 9.17) is 18.6 Å². The topological polar surface area (TPSA) is 144 Å². The third kappa shape index (κ3) is 7.60. The monoisotopic (exact) mass is 641 g/mol. The molecule has 0 radical (unpaired) electrons. The molecule has 45 heavy (non-hydrogen) atoms. The molecule has 13 heteroatoms. The van der Waals surface area contributed by atoms with E-state index in [1.165, 1.54) is 12.1 Å². The highest BCUT2D eigenvalue weighted by atomic mass is 32.2. The number of hydrazine groups is 1. The lowest BCUT2D eigenvalue weighted by Gasteiger charge is -2.36. The SMILES string of the molecule is CNc1nc2cc(S(=O)(=O)NN(CCC(C)C)CC[C@H](Cc3ccccc3)NC(=O)OC3C4COC5OC3CC5C4)ccc2o1. The average Bonchev–Trinajstić information content (AvgIpc) is 3.57. The number of amides is 1. The molecule has 1 amide bonds. The van der Waals surface area contributed by atoms with E-state index in [1.807, 2.05) is 30.3 Å². The molecular weight excluding hydrogens is 598 g/mol. The van der Waals surface area contributed by atoms with Crippen LogP contribution in [0, 0.1) is 17.8 Å². The number of aromatic nitrogens is 1. The Morgan fingerprint density at radius 3 is 2.67 bits per heavy atom. The van der Waals surface area contributed by atoms with Gasteiger partial charge >= 0.3 is 6.09 Å². The molecule has 3 fully saturated rings. The summed E-state index contributed by atoms with van der Waals surface area (Å²) in [7, 11) is -2.24. The van der Waals surface area contributed by atoms with E-state index in [0.29, 0.717) is 61.5 Å². The van der Waals surface area contributed by atoms with Gasteiger partial charge in [0.15, 0.2) is 11.9 Å². The van der Waals surface area contributed by atoms with Crippen molar-refractivity contribution < 1.29 is 31.8 Å². The van der Waals surface area contributed by atoms with E-state index in [2.05, 4.69) is 34.3 Å². The Balaban J connectivity index is 1.14. The van der Waals surface area contributed by atoms with E-state index in [0.717, 1.165) is 24.8 Å². The number of benzene rings is 2. The lowest BCUT2D eigenvalue weighted by molar-refractivity contribution is -0.153. The van der Waals surface area contributed by atoms with Gasteiger partial charge < -0.3 is 29.3 Å². The van der Waals surface area contributed by atoms with E-state index in [-0.39, 0.29) is 35.4 Å². The fraction of sp³-hybridized carbons (Fsp3) is 0.562. The van der Waals surface area contributed by atoms with Crippen LogP contribution in [-0.2, 0) is 30.7 Å². The predicted octanol–water partition coefficient (Wildman–Crippen LogP) is 4.29. The summed E-state index contributed by atoms with van der Waals surface area (Å²) in [6.45, 7) is 5.60. The minimum atomic E-state index is -3.92. The Bertz CT molecular complexity index is 1560. The summed E-state index contributed by atoms with van der Waals surface area (Å²) in [6.07, 6.45) is 2.47. The Labute approximate surface area is 264 Å². The van der Waals surface area contributed by atoms with Gasteiger partial charge in [-0.2, -0.15) is 4.98 Å². The van der Waals surface area contributed by atoms with Crippen LogP contribution in [0.1, 0.15) is 45.1 Å². The van der Waals surface area contributed by atoms with Crippen molar-refractivity contribution >= 4 is 33.2 Å². The quantitative estimate of drug-likeness (QED) is 0.218. The van der Waals surface area contributed by atoms with Crippen LogP contribution in [0.25, 0.3) is 11.1 Å².